The van der Waals surface area contributed by atoms with Crippen LogP contribution < -0.4 is 10.2 Å². The van der Waals surface area contributed by atoms with E-state index >= 15 is 0 Å². The summed E-state index contributed by atoms with van der Waals surface area (Å²) in [5, 5.41) is 3.37. The molecule has 0 bridgehead atoms. The lowest BCUT2D eigenvalue weighted by Gasteiger charge is -2.29. The van der Waals surface area contributed by atoms with Crippen molar-refractivity contribution in [3.63, 3.8) is 0 Å². The Kier molecular flexibility index (Phi) is 4.17. The standard InChI is InChI=1S/C14H23N3S/c1-11-9-13(17-7-5-15-6-8-17)16-10-12(11)18-14(2,3)4/h9-10,15H,5-8H2,1-4H3. The van der Waals surface area contributed by atoms with Gasteiger partial charge in [0, 0.05) is 42.0 Å². The van der Waals surface area contributed by atoms with Crippen molar-refractivity contribution in [2.75, 3.05) is 31.1 Å². The molecule has 1 N–H and O–H groups in total. The summed E-state index contributed by atoms with van der Waals surface area (Å²) in [7, 11) is 0. The minimum Gasteiger partial charge on any atom is -0.354 e. The Morgan fingerprint density at radius 3 is 2.50 bits per heavy atom. The van der Waals surface area contributed by atoms with Crippen LogP contribution in [0.1, 0.15) is 26.3 Å². The molecule has 1 aliphatic rings. The van der Waals surface area contributed by atoms with Gasteiger partial charge in [0.1, 0.15) is 5.82 Å². The number of hydrogen-bond acceptors (Lipinski definition) is 4. The molecule has 1 aromatic heterocycles. The quantitative estimate of drug-likeness (QED) is 0.832. The molecule has 0 atom stereocenters. The third kappa shape index (κ3) is 3.62. The van der Waals surface area contributed by atoms with Crippen molar-refractivity contribution < 1.29 is 0 Å². The Bertz CT molecular complexity index is 406. The van der Waals surface area contributed by atoms with Crippen LogP contribution in [-0.2, 0) is 0 Å². The van der Waals surface area contributed by atoms with Gasteiger partial charge in [-0.3, -0.25) is 0 Å². The average molecular weight is 265 g/mol. The molecule has 18 heavy (non-hydrogen) atoms. The Balaban J connectivity index is 2.13. The molecule has 0 saturated carbocycles. The summed E-state index contributed by atoms with van der Waals surface area (Å²) < 4.78 is 0.239. The van der Waals surface area contributed by atoms with Crippen molar-refractivity contribution >= 4 is 17.6 Å². The van der Waals surface area contributed by atoms with E-state index in [1.807, 2.05) is 18.0 Å². The molecule has 2 heterocycles. The number of anilines is 1. The van der Waals surface area contributed by atoms with Gasteiger partial charge in [0.15, 0.2) is 0 Å². The minimum atomic E-state index is 0.239. The van der Waals surface area contributed by atoms with E-state index in [1.54, 1.807) is 0 Å². The van der Waals surface area contributed by atoms with E-state index in [0.717, 1.165) is 32.0 Å². The molecule has 3 nitrogen and oxygen atoms in total. The average Bonchev–Trinajstić information content (AvgIpc) is 2.31. The number of pyridine rings is 1. The third-order valence-electron chi connectivity index (χ3n) is 2.91. The number of aryl methyl sites for hydroxylation is 1. The first kappa shape index (κ1) is 13.7. The molecule has 1 aliphatic heterocycles. The Hall–Kier alpha value is -0.740. The molecule has 0 spiro atoms. The van der Waals surface area contributed by atoms with Crippen LogP contribution in [0.15, 0.2) is 17.2 Å². The molecule has 1 fully saturated rings. The summed E-state index contributed by atoms with van der Waals surface area (Å²) in [4.78, 5) is 8.27. The molecule has 0 unspecified atom stereocenters. The summed E-state index contributed by atoms with van der Waals surface area (Å²) in [5.74, 6) is 1.12. The molecule has 1 saturated heterocycles. The summed E-state index contributed by atoms with van der Waals surface area (Å²) in [6.07, 6.45) is 2.03. The molecule has 2 rings (SSSR count). The van der Waals surface area contributed by atoms with Gasteiger partial charge in [-0.1, -0.05) is 20.8 Å². The summed E-state index contributed by atoms with van der Waals surface area (Å²) in [5.41, 5.74) is 1.33. The Morgan fingerprint density at radius 1 is 1.28 bits per heavy atom. The normalized spacial score (nSPS) is 17.0. The Labute approximate surface area is 114 Å². The third-order valence-corrected chi connectivity index (χ3v) is 4.17. The first-order chi connectivity index (χ1) is 8.46. The lowest BCUT2D eigenvalue weighted by molar-refractivity contribution is 0.584. The van der Waals surface area contributed by atoms with Crippen molar-refractivity contribution in [2.45, 2.75) is 37.3 Å². The zero-order valence-corrected chi connectivity index (χ0v) is 12.6. The summed E-state index contributed by atoms with van der Waals surface area (Å²) in [6.45, 7) is 13.1. The van der Waals surface area contributed by atoms with Crippen molar-refractivity contribution in [2.24, 2.45) is 0 Å². The second-order valence-electron chi connectivity index (χ2n) is 5.76. The fourth-order valence-electron chi connectivity index (χ4n) is 2.03. The van der Waals surface area contributed by atoms with Gasteiger partial charge in [0.05, 0.1) is 0 Å². The van der Waals surface area contributed by atoms with Crippen LogP contribution in [-0.4, -0.2) is 35.9 Å². The van der Waals surface area contributed by atoms with E-state index in [-0.39, 0.29) is 4.75 Å². The zero-order valence-electron chi connectivity index (χ0n) is 11.8. The van der Waals surface area contributed by atoms with Gasteiger partial charge in [-0.15, -0.1) is 11.8 Å². The predicted molar refractivity (Wildman–Crippen MR) is 79.7 cm³/mol. The van der Waals surface area contributed by atoms with Crippen LogP contribution in [0.2, 0.25) is 0 Å². The smallest absolute Gasteiger partial charge is 0.128 e. The number of piperazine rings is 1. The monoisotopic (exact) mass is 265 g/mol. The highest BCUT2D eigenvalue weighted by atomic mass is 32.2. The molecule has 100 valence electrons. The van der Waals surface area contributed by atoms with Crippen LogP contribution in [0, 0.1) is 6.92 Å². The maximum atomic E-state index is 4.62. The highest BCUT2D eigenvalue weighted by molar-refractivity contribution is 8.00. The van der Waals surface area contributed by atoms with Crippen molar-refractivity contribution in [1.29, 1.82) is 0 Å². The van der Waals surface area contributed by atoms with Gasteiger partial charge in [-0.2, -0.15) is 0 Å². The van der Waals surface area contributed by atoms with Crippen LogP contribution in [0.3, 0.4) is 0 Å². The van der Waals surface area contributed by atoms with Crippen LogP contribution in [0.4, 0.5) is 5.82 Å². The van der Waals surface area contributed by atoms with Crippen molar-refractivity contribution in [1.82, 2.24) is 10.3 Å². The van der Waals surface area contributed by atoms with Gasteiger partial charge in [0.2, 0.25) is 0 Å². The molecule has 0 aromatic carbocycles. The van der Waals surface area contributed by atoms with Crippen LogP contribution in [0.5, 0.6) is 0 Å². The number of aromatic nitrogens is 1. The molecular formula is C14H23N3S. The molecular weight excluding hydrogens is 242 g/mol. The highest BCUT2D eigenvalue weighted by Gasteiger charge is 2.16. The van der Waals surface area contributed by atoms with Crippen LogP contribution >= 0.6 is 11.8 Å². The van der Waals surface area contributed by atoms with Gasteiger partial charge in [0.25, 0.3) is 0 Å². The van der Waals surface area contributed by atoms with Gasteiger partial charge < -0.3 is 10.2 Å². The number of rotatable bonds is 2. The number of nitrogens with zero attached hydrogens (tertiary/aromatic N) is 2. The largest absolute Gasteiger partial charge is 0.354 e. The molecule has 4 heteroatoms. The maximum absolute atomic E-state index is 4.62. The second kappa shape index (κ2) is 5.49. The molecule has 0 amide bonds. The number of hydrogen-bond donors (Lipinski definition) is 1. The number of nitrogens with one attached hydrogen (secondary N) is 1. The van der Waals surface area contributed by atoms with E-state index in [2.05, 4.69) is 49.0 Å². The lowest BCUT2D eigenvalue weighted by atomic mass is 10.2. The summed E-state index contributed by atoms with van der Waals surface area (Å²) >= 11 is 1.89. The predicted octanol–water partition coefficient (Wildman–Crippen LogP) is 2.69. The molecule has 1 aromatic rings. The van der Waals surface area contributed by atoms with Crippen LogP contribution in [0.25, 0.3) is 0 Å². The first-order valence-corrected chi connectivity index (χ1v) is 7.39. The van der Waals surface area contributed by atoms with Crippen molar-refractivity contribution in [3.8, 4) is 0 Å². The lowest BCUT2D eigenvalue weighted by Crippen LogP contribution is -2.43. The Morgan fingerprint density at radius 2 is 1.94 bits per heavy atom. The summed E-state index contributed by atoms with van der Waals surface area (Å²) in [6, 6.07) is 2.22. The fraction of sp³-hybridized carbons (Fsp3) is 0.643. The second-order valence-corrected chi connectivity index (χ2v) is 7.63. The minimum absolute atomic E-state index is 0.239. The highest BCUT2D eigenvalue weighted by Crippen LogP contribution is 2.34. The zero-order chi connectivity index (χ0) is 13.2. The van der Waals surface area contributed by atoms with E-state index in [9.17, 15) is 0 Å². The molecule has 0 radical (unpaired) electrons. The maximum Gasteiger partial charge on any atom is 0.128 e. The van der Waals surface area contributed by atoms with E-state index in [4.69, 9.17) is 0 Å². The van der Waals surface area contributed by atoms with Gasteiger partial charge >= 0.3 is 0 Å². The fourth-order valence-corrected chi connectivity index (χ4v) is 3.02. The topological polar surface area (TPSA) is 28.2 Å². The molecule has 0 aliphatic carbocycles. The number of thioether (sulfide) groups is 1. The van der Waals surface area contributed by atoms with Gasteiger partial charge in [-0.25, -0.2) is 4.98 Å². The van der Waals surface area contributed by atoms with Gasteiger partial charge in [-0.05, 0) is 18.6 Å². The SMILES string of the molecule is Cc1cc(N2CCNCC2)ncc1SC(C)(C)C. The van der Waals surface area contributed by atoms with E-state index < -0.39 is 0 Å². The van der Waals surface area contributed by atoms with Crippen molar-refractivity contribution in [3.05, 3.63) is 17.8 Å². The van der Waals surface area contributed by atoms with E-state index in [0.29, 0.717) is 0 Å². The van der Waals surface area contributed by atoms with E-state index in [1.165, 1.54) is 10.5 Å². The first-order valence-electron chi connectivity index (χ1n) is 6.57.